The maximum Gasteiger partial charge on any atom is 0.313 e. The van der Waals surface area contributed by atoms with Gasteiger partial charge in [0.2, 0.25) is 0 Å². The van der Waals surface area contributed by atoms with Crippen molar-refractivity contribution in [3.63, 3.8) is 0 Å². The fourth-order valence-corrected chi connectivity index (χ4v) is 2.37. The molecule has 0 saturated heterocycles. The van der Waals surface area contributed by atoms with Gasteiger partial charge in [-0.25, -0.2) is 0 Å². The van der Waals surface area contributed by atoms with Crippen molar-refractivity contribution >= 4 is 5.97 Å². The Morgan fingerprint density at radius 2 is 2.38 bits per heavy atom. The molecule has 1 aromatic rings. The molecule has 3 rings (SSSR count). The van der Waals surface area contributed by atoms with Gasteiger partial charge >= 0.3 is 5.97 Å². The normalized spacial score (nSPS) is 28.9. The number of phenolic OH excluding ortho intramolecular Hbond substituents is 1. The Morgan fingerprint density at radius 1 is 1.56 bits per heavy atom. The molecule has 4 heteroatoms. The van der Waals surface area contributed by atoms with E-state index in [-0.39, 0.29) is 29.7 Å². The molecule has 1 N–H and O–H groups in total. The summed E-state index contributed by atoms with van der Waals surface area (Å²) in [5.74, 6) is 0.660. The molecule has 1 aliphatic carbocycles. The first-order valence-electron chi connectivity index (χ1n) is 5.38. The fourth-order valence-electron chi connectivity index (χ4n) is 2.37. The molecule has 1 unspecified atom stereocenters. The molecule has 0 aromatic heterocycles. The smallest absolute Gasteiger partial charge is 0.313 e. The molecule has 16 heavy (non-hydrogen) atoms. The van der Waals surface area contributed by atoms with E-state index in [9.17, 15) is 9.90 Å². The lowest BCUT2D eigenvalue weighted by Gasteiger charge is -2.07. The molecule has 84 valence electrons. The van der Waals surface area contributed by atoms with Crippen LogP contribution in [0.25, 0.3) is 0 Å². The minimum absolute atomic E-state index is 0.0705. The lowest BCUT2D eigenvalue weighted by molar-refractivity contribution is -0.145. The van der Waals surface area contributed by atoms with E-state index in [2.05, 4.69) is 0 Å². The van der Waals surface area contributed by atoms with E-state index in [1.54, 1.807) is 25.1 Å². The van der Waals surface area contributed by atoms with Gasteiger partial charge < -0.3 is 14.6 Å². The van der Waals surface area contributed by atoms with Gasteiger partial charge in [-0.3, -0.25) is 4.79 Å². The molecule has 0 amide bonds. The Kier molecular flexibility index (Phi) is 1.87. The summed E-state index contributed by atoms with van der Waals surface area (Å²) in [6.07, 6.45) is -0.0872. The maximum absolute atomic E-state index is 11.5. The Hall–Kier alpha value is -1.71. The third kappa shape index (κ3) is 1.19. The van der Waals surface area contributed by atoms with E-state index >= 15 is 0 Å². The third-order valence-corrected chi connectivity index (χ3v) is 3.13. The van der Waals surface area contributed by atoms with Crippen molar-refractivity contribution in [2.45, 2.75) is 18.9 Å². The van der Waals surface area contributed by atoms with Crippen LogP contribution in [0.1, 0.15) is 18.4 Å². The van der Waals surface area contributed by atoms with Crippen molar-refractivity contribution in [1.82, 2.24) is 0 Å². The molecular formula is C12H12O4. The van der Waals surface area contributed by atoms with Crippen LogP contribution in [0.3, 0.4) is 0 Å². The number of hydrogen-bond acceptors (Lipinski definition) is 4. The van der Waals surface area contributed by atoms with E-state index in [1.165, 1.54) is 0 Å². The minimum Gasteiger partial charge on any atom is -0.508 e. The van der Waals surface area contributed by atoms with Crippen LogP contribution in [0.4, 0.5) is 0 Å². The largest absolute Gasteiger partial charge is 0.508 e. The van der Waals surface area contributed by atoms with Crippen molar-refractivity contribution in [1.29, 1.82) is 0 Å². The van der Waals surface area contributed by atoms with Crippen molar-refractivity contribution in [3.8, 4) is 11.5 Å². The van der Waals surface area contributed by atoms with Gasteiger partial charge in [0.25, 0.3) is 0 Å². The van der Waals surface area contributed by atoms with Crippen LogP contribution in [0.5, 0.6) is 11.5 Å². The molecule has 1 heterocycles. The van der Waals surface area contributed by atoms with Crippen molar-refractivity contribution in [3.05, 3.63) is 23.8 Å². The standard InChI is InChI=1S/C12H12O4/c1-2-15-12(14)10-9-7-5-6(13)3-4-8(7)16-11(9)10/h3-5,9-11,13H,2H2,1H3/t9-,10?,11-/m0/s1. The van der Waals surface area contributed by atoms with Gasteiger partial charge in [0.15, 0.2) is 0 Å². The zero-order valence-electron chi connectivity index (χ0n) is 8.84. The lowest BCUT2D eigenvalue weighted by Crippen LogP contribution is -2.13. The van der Waals surface area contributed by atoms with Crippen LogP contribution in [0.15, 0.2) is 18.2 Å². The number of rotatable bonds is 2. The first-order chi connectivity index (χ1) is 7.72. The highest BCUT2D eigenvalue weighted by molar-refractivity contribution is 5.80. The second-order valence-electron chi connectivity index (χ2n) is 4.11. The van der Waals surface area contributed by atoms with Crippen molar-refractivity contribution < 1.29 is 19.4 Å². The quantitative estimate of drug-likeness (QED) is 0.766. The predicted molar refractivity (Wildman–Crippen MR) is 55.4 cm³/mol. The highest BCUT2D eigenvalue weighted by Crippen LogP contribution is 2.59. The molecule has 1 fully saturated rings. The Balaban J connectivity index is 1.84. The summed E-state index contributed by atoms with van der Waals surface area (Å²) in [5, 5.41) is 9.39. The highest BCUT2D eigenvalue weighted by atomic mass is 16.5. The maximum atomic E-state index is 11.5. The van der Waals surface area contributed by atoms with Crippen molar-refractivity contribution in [2.24, 2.45) is 5.92 Å². The molecule has 1 aliphatic heterocycles. The lowest BCUT2D eigenvalue weighted by atomic mass is 10.1. The molecule has 1 saturated carbocycles. The Morgan fingerprint density at radius 3 is 3.12 bits per heavy atom. The number of hydrogen-bond donors (Lipinski definition) is 1. The SMILES string of the molecule is CCOC(=O)C1[C@H]2Oc3ccc(O)cc3[C@@H]12. The number of benzene rings is 1. The van der Waals surface area contributed by atoms with Gasteiger partial charge in [-0.05, 0) is 25.1 Å². The van der Waals surface area contributed by atoms with Crippen LogP contribution in [-0.2, 0) is 9.53 Å². The third-order valence-electron chi connectivity index (χ3n) is 3.13. The second-order valence-corrected chi connectivity index (χ2v) is 4.11. The van der Waals surface area contributed by atoms with Gasteiger partial charge in [0.1, 0.15) is 23.5 Å². The molecule has 2 aliphatic rings. The number of phenols is 1. The van der Waals surface area contributed by atoms with E-state index in [1.807, 2.05) is 0 Å². The number of fused-ring (bicyclic) bond motifs is 3. The Labute approximate surface area is 92.8 Å². The van der Waals surface area contributed by atoms with Crippen LogP contribution >= 0.6 is 0 Å². The molecule has 0 spiro atoms. The van der Waals surface area contributed by atoms with Crippen LogP contribution in [-0.4, -0.2) is 23.8 Å². The summed E-state index contributed by atoms with van der Waals surface area (Å²) in [6, 6.07) is 4.99. The summed E-state index contributed by atoms with van der Waals surface area (Å²) < 4.78 is 10.6. The highest BCUT2D eigenvalue weighted by Gasteiger charge is 2.63. The molecule has 1 aromatic carbocycles. The molecule has 4 nitrogen and oxygen atoms in total. The summed E-state index contributed by atoms with van der Waals surface area (Å²) in [7, 11) is 0. The predicted octanol–water partition coefficient (Wildman–Crippen LogP) is 1.43. The first kappa shape index (κ1) is 9.51. The molecule has 0 radical (unpaired) electrons. The van der Waals surface area contributed by atoms with Crippen LogP contribution in [0.2, 0.25) is 0 Å². The Bertz CT molecular complexity index is 454. The number of carbonyl (C=O) groups excluding carboxylic acids is 1. The zero-order chi connectivity index (χ0) is 11.3. The van der Waals surface area contributed by atoms with Crippen LogP contribution < -0.4 is 4.74 Å². The average molecular weight is 220 g/mol. The fraction of sp³-hybridized carbons (Fsp3) is 0.417. The molecule has 3 atom stereocenters. The van der Waals surface area contributed by atoms with Crippen LogP contribution in [0, 0.1) is 5.92 Å². The number of ether oxygens (including phenoxy) is 2. The van der Waals surface area contributed by atoms with E-state index in [4.69, 9.17) is 9.47 Å². The molecule has 0 bridgehead atoms. The monoisotopic (exact) mass is 220 g/mol. The van der Waals surface area contributed by atoms with Gasteiger partial charge in [-0.1, -0.05) is 0 Å². The molecular weight excluding hydrogens is 208 g/mol. The van der Waals surface area contributed by atoms with Gasteiger partial charge in [-0.2, -0.15) is 0 Å². The summed E-state index contributed by atoms with van der Waals surface area (Å²) in [6.45, 7) is 2.18. The minimum atomic E-state index is -0.202. The summed E-state index contributed by atoms with van der Waals surface area (Å²) in [4.78, 5) is 11.5. The van der Waals surface area contributed by atoms with Gasteiger partial charge in [0, 0.05) is 11.5 Å². The van der Waals surface area contributed by atoms with E-state index in [0.717, 1.165) is 11.3 Å². The topological polar surface area (TPSA) is 55.8 Å². The number of esters is 1. The number of aromatic hydroxyl groups is 1. The summed E-state index contributed by atoms with van der Waals surface area (Å²) in [5.41, 5.74) is 0.919. The van der Waals surface area contributed by atoms with Crippen molar-refractivity contribution in [2.75, 3.05) is 6.61 Å². The van der Waals surface area contributed by atoms with Gasteiger partial charge in [-0.15, -0.1) is 0 Å². The zero-order valence-corrected chi connectivity index (χ0v) is 8.84. The summed E-state index contributed by atoms with van der Waals surface area (Å²) >= 11 is 0. The second kappa shape index (κ2) is 3.14. The van der Waals surface area contributed by atoms with E-state index in [0.29, 0.717) is 6.61 Å². The average Bonchev–Trinajstić information content (AvgIpc) is 2.85. The van der Waals surface area contributed by atoms with Gasteiger partial charge in [0.05, 0.1) is 6.61 Å². The number of carbonyl (C=O) groups is 1. The van der Waals surface area contributed by atoms with E-state index < -0.39 is 0 Å². The first-order valence-corrected chi connectivity index (χ1v) is 5.38.